The van der Waals surface area contributed by atoms with Gasteiger partial charge in [-0.3, -0.25) is 9.20 Å². The molecule has 3 heterocycles. The summed E-state index contributed by atoms with van der Waals surface area (Å²) in [7, 11) is 0. The van der Waals surface area contributed by atoms with Crippen molar-refractivity contribution in [2.45, 2.75) is 13.2 Å². The number of benzene rings is 2. The summed E-state index contributed by atoms with van der Waals surface area (Å²) in [5.41, 5.74) is 1.23. The Morgan fingerprint density at radius 1 is 1.03 bits per heavy atom. The van der Waals surface area contributed by atoms with E-state index in [2.05, 4.69) is 15.5 Å². The Labute approximate surface area is 180 Å². The Balaban J connectivity index is 1.43. The average molecular weight is 432 g/mol. The molecule has 0 aliphatic heterocycles. The number of nitrogens with one attached hydrogen (secondary N) is 1. The summed E-state index contributed by atoms with van der Waals surface area (Å²) >= 11 is 1.25. The molecule has 0 bridgehead atoms. The quantitative estimate of drug-likeness (QED) is 0.426. The first kappa shape index (κ1) is 19.2. The number of aromatic nitrogens is 3. The van der Waals surface area contributed by atoms with Gasteiger partial charge in [0.1, 0.15) is 18.2 Å². The number of amides is 1. The third kappa shape index (κ3) is 3.73. The van der Waals surface area contributed by atoms with E-state index in [-0.39, 0.29) is 24.9 Å². The predicted octanol–water partition coefficient (Wildman–Crippen LogP) is 4.59. The van der Waals surface area contributed by atoms with Crippen molar-refractivity contribution in [1.29, 1.82) is 0 Å². The van der Waals surface area contributed by atoms with Crippen molar-refractivity contribution in [2.24, 2.45) is 0 Å². The second-order valence-electron chi connectivity index (χ2n) is 6.85. The first-order chi connectivity index (χ1) is 15.2. The van der Waals surface area contributed by atoms with Crippen molar-refractivity contribution in [3.63, 3.8) is 0 Å². The van der Waals surface area contributed by atoms with Crippen molar-refractivity contribution >= 4 is 33.0 Å². The molecular formula is C23H17FN4O2S. The Kier molecular flexibility index (Phi) is 5.05. The molecule has 5 rings (SSSR count). The number of ether oxygens (including phenoxy) is 1. The van der Waals surface area contributed by atoms with Gasteiger partial charge in [0.05, 0.1) is 11.4 Å². The second-order valence-corrected chi connectivity index (χ2v) is 7.90. The lowest BCUT2D eigenvalue weighted by Gasteiger charge is -2.09. The molecule has 0 radical (unpaired) electrons. The van der Waals surface area contributed by atoms with E-state index >= 15 is 0 Å². The second kappa shape index (κ2) is 8.16. The molecule has 0 atom stereocenters. The SMILES string of the molecule is O=C(NCc1nnc2ccccn12)c1sc2cccc(F)c2c1COc1ccccc1. The van der Waals surface area contributed by atoms with Crippen LogP contribution in [0, 0.1) is 5.82 Å². The highest BCUT2D eigenvalue weighted by atomic mass is 32.1. The van der Waals surface area contributed by atoms with Gasteiger partial charge in [0.25, 0.3) is 5.91 Å². The summed E-state index contributed by atoms with van der Waals surface area (Å²) in [6.07, 6.45) is 1.84. The van der Waals surface area contributed by atoms with Crippen LogP contribution in [0.15, 0.2) is 72.9 Å². The van der Waals surface area contributed by atoms with E-state index in [1.165, 1.54) is 17.4 Å². The Bertz CT molecular complexity index is 1380. The number of hydrogen-bond donors (Lipinski definition) is 1. The van der Waals surface area contributed by atoms with Gasteiger partial charge in [-0.15, -0.1) is 21.5 Å². The Hall–Kier alpha value is -3.78. The summed E-state index contributed by atoms with van der Waals surface area (Å²) < 4.78 is 23.0. The maximum Gasteiger partial charge on any atom is 0.262 e. The number of fused-ring (bicyclic) bond motifs is 2. The summed E-state index contributed by atoms with van der Waals surface area (Å²) in [6.45, 7) is 0.279. The molecule has 0 saturated heterocycles. The molecule has 6 nitrogen and oxygen atoms in total. The molecule has 2 aromatic carbocycles. The standard InChI is InChI=1S/C23H17FN4O2S/c24-17-9-6-10-18-21(17)16(14-30-15-7-2-1-3-8-15)22(31-18)23(29)25-13-20-27-26-19-11-4-5-12-28(19)20/h1-12H,13-14H2,(H,25,29). The van der Waals surface area contributed by atoms with E-state index in [0.29, 0.717) is 37.7 Å². The topological polar surface area (TPSA) is 68.5 Å². The third-order valence-corrected chi connectivity index (χ3v) is 6.08. The number of hydrogen-bond acceptors (Lipinski definition) is 5. The third-order valence-electron chi connectivity index (χ3n) is 4.89. The van der Waals surface area contributed by atoms with Crippen LogP contribution in [0.5, 0.6) is 5.75 Å². The fraction of sp³-hybridized carbons (Fsp3) is 0.0870. The van der Waals surface area contributed by atoms with Gasteiger partial charge in [0.15, 0.2) is 11.5 Å². The first-order valence-electron chi connectivity index (χ1n) is 9.65. The fourth-order valence-corrected chi connectivity index (χ4v) is 4.55. The van der Waals surface area contributed by atoms with Crippen LogP contribution >= 0.6 is 11.3 Å². The normalized spacial score (nSPS) is 11.1. The van der Waals surface area contributed by atoms with Crippen LogP contribution in [0.1, 0.15) is 21.1 Å². The van der Waals surface area contributed by atoms with Gasteiger partial charge in [-0.05, 0) is 36.4 Å². The van der Waals surface area contributed by atoms with Crippen molar-refractivity contribution in [3.8, 4) is 5.75 Å². The first-order valence-corrected chi connectivity index (χ1v) is 10.5. The lowest BCUT2D eigenvalue weighted by Crippen LogP contribution is -2.24. The zero-order valence-electron chi connectivity index (χ0n) is 16.3. The molecule has 0 saturated carbocycles. The minimum atomic E-state index is -0.372. The summed E-state index contributed by atoms with van der Waals surface area (Å²) in [5.74, 6) is 0.584. The van der Waals surface area contributed by atoms with Crippen LogP contribution in [0.4, 0.5) is 4.39 Å². The average Bonchev–Trinajstić information content (AvgIpc) is 3.39. The van der Waals surface area contributed by atoms with Crippen LogP contribution in [0.25, 0.3) is 15.7 Å². The molecule has 1 amide bonds. The molecule has 8 heteroatoms. The van der Waals surface area contributed by atoms with Gasteiger partial charge in [-0.1, -0.05) is 30.3 Å². The van der Waals surface area contributed by atoms with E-state index in [1.54, 1.807) is 12.1 Å². The molecule has 5 aromatic rings. The van der Waals surface area contributed by atoms with Crippen molar-refractivity contribution < 1.29 is 13.9 Å². The van der Waals surface area contributed by atoms with Gasteiger partial charge in [0, 0.05) is 21.8 Å². The molecular weight excluding hydrogens is 415 g/mol. The zero-order chi connectivity index (χ0) is 21.2. The number of carbonyl (C=O) groups excluding carboxylic acids is 1. The Morgan fingerprint density at radius 3 is 2.74 bits per heavy atom. The molecule has 3 aromatic heterocycles. The van der Waals surface area contributed by atoms with Gasteiger partial charge < -0.3 is 10.1 Å². The minimum absolute atomic E-state index is 0.0849. The molecule has 0 aliphatic carbocycles. The molecule has 0 unspecified atom stereocenters. The van der Waals surface area contributed by atoms with E-state index in [0.717, 1.165) is 0 Å². The lowest BCUT2D eigenvalue weighted by molar-refractivity contribution is 0.0951. The summed E-state index contributed by atoms with van der Waals surface area (Å²) in [4.78, 5) is 13.5. The van der Waals surface area contributed by atoms with Gasteiger partial charge >= 0.3 is 0 Å². The highest BCUT2D eigenvalue weighted by Crippen LogP contribution is 2.34. The van der Waals surface area contributed by atoms with Gasteiger partial charge in [0.2, 0.25) is 0 Å². The van der Waals surface area contributed by atoms with E-state index in [4.69, 9.17) is 4.74 Å². The highest BCUT2D eigenvalue weighted by molar-refractivity contribution is 7.21. The monoisotopic (exact) mass is 432 g/mol. The number of halogens is 1. The zero-order valence-corrected chi connectivity index (χ0v) is 17.1. The summed E-state index contributed by atoms with van der Waals surface area (Å²) in [6, 6.07) is 19.7. The maximum absolute atomic E-state index is 14.6. The maximum atomic E-state index is 14.6. The number of carbonyl (C=O) groups is 1. The van der Waals surface area contributed by atoms with Crippen LogP contribution in [-0.2, 0) is 13.2 Å². The predicted molar refractivity (Wildman–Crippen MR) is 117 cm³/mol. The lowest BCUT2D eigenvalue weighted by atomic mass is 10.1. The molecule has 0 spiro atoms. The van der Waals surface area contributed by atoms with E-state index < -0.39 is 0 Å². The fourth-order valence-electron chi connectivity index (χ4n) is 3.41. The molecule has 0 aliphatic rings. The van der Waals surface area contributed by atoms with E-state index in [9.17, 15) is 9.18 Å². The van der Waals surface area contributed by atoms with Crippen molar-refractivity contribution in [2.75, 3.05) is 0 Å². The number of pyridine rings is 1. The van der Waals surface area contributed by atoms with Gasteiger partial charge in [-0.25, -0.2) is 4.39 Å². The largest absolute Gasteiger partial charge is 0.489 e. The van der Waals surface area contributed by atoms with Crippen LogP contribution in [0.3, 0.4) is 0 Å². The van der Waals surface area contributed by atoms with E-state index in [1.807, 2.05) is 59.1 Å². The number of nitrogens with zero attached hydrogens (tertiary/aromatic N) is 3. The number of para-hydroxylation sites is 1. The van der Waals surface area contributed by atoms with Gasteiger partial charge in [-0.2, -0.15) is 0 Å². The summed E-state index contributed by atoms with van der Waals surface area (Å²) in [5, 5.41) is 11.5. The molecule has 0 fully saturated rings. The Morgan fingerprint density at radius 2 is 1.87 bits per heavy atom. The van der Waals surface area contributed by atoms with Crippen LogP contribution in [-0.4, -0.2) is 20.5 Å². The highest BCUT2D eigenvalue weighted by Gasteiger charge is 2.21. The molecule has 1 N–H and O–H groups in total. The van der Waals surface area contributed by atoms with Crippen molar-refractivity contribution in [3.05, 3.63) is 95.0 Å². The van der Waals surface area contributed by atoms with Crippen LogP contribution in [0.2, 0.25) is 0 Å². The number of thiophene rings is 1. The minimum Gasteiger partial charge on any atom is -0.489 e. The van der Waals surface area contributed by atoms with Crippen molar-refractivity contribution in [1.82, 2.24) is 19.9 Å². The van der Waals surface area contributed by atoms with Crippen LogP contribution < -0.4 is 10.1 Å². The number of rotatable bonds is 6. The molecule has 31 heavy (non-hydrogen) atoms. The smallest absolute Gasteiger partial charge is 0.262 e. The molecule has 154 valence electrons.